The summed E-state index contributed by atoms with van der Waals surface area (Å²) in [6.45, 7) is 8.65. The summed E-state index contributed by atoms with van der Waals surface area (Å²) < 4.78 is 6.92. The van der Waals surface area contributed by atoms with Crippen LogP contribution < -0.4 is 5.32 Å². The highest BCUT2D eigenvalue weighted by molar-refractivity contribution is 14.1. The van der Waals surface area contributed by atoms with Crippen molar-refractivity contribution in [2.45, 2.75) is 32.9 Å². The third-order valence-electron chi connectivity index (χ3n) is 3.39. The smallest absolute Gasteiger partial charge is 0.0982 e. The monoisotopic (exact) mass is 357 g/mol. The van der Waals surface area contributed by atoms with Gasteiger partial charge in [-0.3, -0.25) is 0 Å². The lowest BCUT2D eigenvalue weighted by Crippen LogP contribution is -2.38. The molecule has 2 aromatic rings. The van der Waals surface area contributed by atoms with E-state index >= 15 is 0 Å². The molecule has 0 aliphatic carbocycles. The zero-order chi connectivity index (χ0) is 12.2. The van der Waals surface area contributed by atoms with Crippen LogP contribution in [0.1, 0.15) is 11.1 Å². The maximum absolute atomic E-state index is 5.59. The number of rotatable bonds is 1. The van der Waals surface area contributed by atoms with Gasteiger partial charge in [0.05, 0.1) is 26.8 Å². The molecule has 0 fully saturated rings. The van der Waals surface area contributed by atoms with Gasteiger partial charge >= 0.3 is 0 Å². The normalized spacial score (nSPS) is 15.5. The predicted molar refractivity (Wildman–Crippen MR) is 82.5 cm³/mol. The standard InChI is InChI=1S/C13H16INOSi/c1-17(2,3)12-5-8-4-11(14)9-6-16-7-10(9)13(8)15-12/h4-5,15H,6-7H2,1-3H3. The fourth-order valence-corrected chi connectivity index (χ4v) is 4.23. The minimum Gasteiger partial charge on any atom is -0.372 e. The predicted octanol–water partition coefficient (Wildman–Crippen LogP) is 3.35. The van der Waals surface area contributed by atoms with E-state index in [4.69, 9.17) is 4.74 Å². The van der Waals surface area contributed by atoms with Crippen molar-refractivity contribution in [3.63, 3.8) is 0 Å². The zero-order valence-electron chi connectivity index (χ0n) is 10.4. The number of H-pyrrole nitrogens is 1. The van der Waals surface area contributed by atoms with Crippen LogP contribution in [0.2, 0.25) is 19.6 Å². The van der Waals surface area contributed by atoms with E-state index in [1.165, 1.54) is 30.9 Å². The summed E-state index contributed by atoms with van der Waals surface area (Å²) in [5, 5.41) is 2.78. The second kappa shape index (κ2) is 3.83. The highest BCUT2D eigenvalue weighted by Gasteiger charge is 2.23. The second-order valence-electron chi connectivity index (χ2n) is 5.71. The van der Waals surface area contributed by atoms with E-state index in [2.05, 4.69) is 59.3 Å². The number of hydrogen-bond acceptors (Lipinski definition) is 1. The van der Waals surface area contributed by atoms with Crippen molar-refractivity contribution in [3.05, 3.63) is 26.8 Å². The Morgan fingerprint density at radius 2 is 1.88 bits per heavy atom. The Labute approximate surface area is 116 Å². The van der Waals surface area contributed by atoms with E-state index in [0.717, 1.165) is 13.2 Å². The van der Waals surface area contributed by atoms with Crippen LogP contribution in [0.15, 0.2) is 12.1 Å². The van der Waals surface area contributed by atoms with Gasteiger partial charge in [-0.25, -0.2) is 0 Å². The van der Waals surface area contributed by atoms with Crippen LogP contribution >= 0.6 is 22.6 Å². The van der Waals surface area contributed by atoms with E-state index in [-0.39, 0.29) is 0 Å². The van der Waals surface area contributed by atoms with Crippen LogP contribution in [-0.2, 0) is 18.0 Å². The average Bonchev–Trinajstić information content (AvgIpc) is 2.78. The number of halogens is 1. The lowest BCUT2D eigenvalue weighted by Gasteiger charge is -2.12. The topological polar surface area (TPSA) is 25.0 Å². The lowest BCUT2D eigenvalue weighted by atomic mass is 10.1. The molecular weight excluding hydrogens is 341 g/mol. The summed E-state index contributed by atoms with van der Waals surface area (Å²) in [6, 6.07) is 4.62. The second-order valence-corrected chi connectivity index (χ2v) is 11.9. The molecular formula is C13H16INOSi. The molecule has 0 bridgehead atoms. The van der Waals surface area contributed by atoms with Gasteiger partial charge in [-0.05, 0) is 45.6 Å². The number of nitrogens with one attached hydrogen (secondary N) is 1. The average molecular weight is 357 g/mol. The van der Waals surface area contributed by atoms with E-state index in [9.17, 15) is 0 Å². The minimum absolute atomic E-state index is 0.758. The van der Waals surface area contributed by atoms with E-state index in [1.54, 1.807) is 0 Å². The fourth-order valence-electron chi connectivity index (χ4n) is 2.33. The molecule has 1 N–H and O–H groups in total. The van der Waals surface area contributed by atoms with E-state index in [0.29, 0.717) is 0 Å². The molecule has 90 valence electrons. The molecule has 1 aromatic heterocycles. The van der Waals surface area contributed by atoms with Crippen molar-refractivity contribution in [3.8, 4) is 0 Å². The molecule has 2 heterocycles. The number of aromatic amines is 1. The number of aromatic nitrogens is 1. The Morgan fingerprint density at radius 1 is 1.18 bits per heavy atom. The van der Waals surface area contributed by atoms with Gasteiger partial charge in [0.1, 0.15) is 0 Å². The third kappa shape index (κ3) is 1.86. The summed E-state index contributed by atoms with van der Waals surface area (Å²) in [5.74, 6) is 0. The van der Waals surface area contributed by atoms with Crippen molar-refractivity contribution < 1.29 is 4.74 Å². The quantitative estimate of drug-likeness (QED) is 0.615. The number of fused-ring (bicyclic) bond motifs is 3. The van der Waals surface area contributed by atoms with E-state index < -0.39 is 8.07 Å². The molecule has 0 spiro atoms. The number of benzene rings is 1. The first-order chi connectivity index (χ1) is 7.97. The summed E-state index contributed by atoms with van der Waals surface area (Å²) in [4.78, 5) is 3.64. The molecule has 17 heavy (non-hydrogen) atoms. The van der Waals surface area contributed by atoms with Crippen LogP contribution in [0.5, 0.6) is 0 Å². The third-order valence-corrected chi connectivity index (χ3v) is 6.23. The SMILES string of the molecule is C[Si](C)(C)c1cc2cc(I)c3c(c2[nH]1)COC3. The molecule has 2 nitrogen and oxygen atoms in total. The molecule has 0 saturated carbocycles. The van der Waals surface area contributed by atoms with Crippen LogP contribution in [-0.4, -0.2) is 13.1 Å². The maximum atomic E-state index is 5.59. The van der Waals surface area contributed by atoms with E-state index in [1.807, 2.05) is 0 Å². The Balaban J connectivity index is 2.30. The summed E-state index contributed by atoms with van der Waals surface area (Å²) in [7, 11) is -1.27. The Kier molecular flexibility index (Phi) is 2.64. The van der Waals surface area contributed by atoms with Gasteiger partial charge in [0.15, 0.2) is 0 Å². The van der Waals surface area contributed by atoms with Crippen molar-refractivity contribution in [1.82, 2.24) is 4.98 Å². The van der Waals surface area contributed by atoms with Gasteiger partial charge < -0.3 is 9.72 Å². The van der Waals surface area contributed by atoms with Crippen molar-refractivity contribution in [2.24, 2.45) is 0 Å². The fraction of sp³-hybridized carbons (Fsp3) is 0.385. The van der Waals surface area contributed by atoms with Gasteiger partial charge in [0.25, 0.3) is 0 Å². The molecule has 0 unspecified atom stereocenters. The zero-order valence-corrected chi connectivity index (χ0v) is 13.5. The lowest BCUT2D eigenvalue weighted by molar-refractivity contribution is 0.134. The van der Waals surface area contributed by atoms with Crippen LogP contribution in [0.25, 0.3) is 10.9 Å². The van der Waals surface area contributed by atoms with Crippen LogP contribution in [0.4, 0.5) is 0 Å². The molecule has 4 heteroatoms. The summed E-state index contributed by atoms with van der Waals surface area (Å²) in [5.41, 5.74) is 4.05. The number of hydrogen-bond donors (Lipinski definition) is 1. The van der Waals surface area contributed by atoms with Gasteiger partial charge in [0, 0.05) is 14.5 Å². The molecule has 1 aliphatic heterocycles. The molecule has 0 radical (unpaired) electrons. The molecule has 0 atom stereocenters. The summed E-state index contributed by atoms with van der Waals surface area (Å²) in [6.07, 6.45) is 0. The van der Waals surface area contributed by atoms with Crippen molar-refractivity contribution >= 4 is 46.9 Å². The minimum atomic E-state index is -1.27. The Hall–Kier alpha value is -0.333. The first-order valence-corrected chi connectivity index (χ1v) is 10.5. The largest absolute Gasteiger partial charge is 0.372 e. The van der Waals surface area contributed by atoms with Gasteiger partial charge in [0.2, 0.25) is 0 Å². The Morgan fingerprint density at radius 3 is 2.59 bits per heavy atom. The van der Waals surface area contributed by atoms with Crippen molar-refractivity contribution in [1.29, 1.82) is 0 Å². The molecule has 0 amide bonds. The van der Waals surface area contributed by atoms with Gasteiger partial charge in [-0.2, -0.15) is 0 Å². The highest BCUT2D eigenvalue weighted by Crippen LogP contribution is 2.31. The first-order valence-electron chi connectivity index (χ1n) is 5.88. The highest BCUT2D eigenvalue weighted by atomic mass is 127. The summed E-state index contributed by atoms with van der Waals surface area (Å²) >= 11 is 2.42. The first kappa shape index (κ1) is 11.7. The molecule has 1 aliphatic rings. The van der Waals surface area contributed by atoms with Crippen LogP contribution in [0.3, 0.4) is 0 Å². The van der Waals surface area contributed by atoms with Crippen molar-refractivity contribution in [2.75, 3.05) is 0 Å². The number of ether oxygens (including phenoxy) is 1. The Bertz CT molecular complexity index is 597. The molecule has 0 saturated heterocycles. The van der Waals surface area contributed by atoms with Gasteiger partial charge in [-0.15, -0.1) is 0 Å². The molecule has 3 rings (SSSR count). The maximum Gasteiger partial charge on any atom is 0.0982 e. The molecule has 1 aromatic carbocycles. The van der Waals surface area contributed by atoms with Crippen LogP contribution in [0, 0.1) is 3.57 Å². The van der Waals surface area contributed by atoms with Gasteiger partial charge in [-0.1, -0.05) is 19.6 Å².